The number of aromatic nitrogens is 3. The van der Waals surface area contributed by atoms with Crippen molar-refractivity contribution in [3.63, 3.8) is 0 Å². The van der Waals surface area contributed by atoms with Crippen molar-refractivity contribution in [3.8, 4) is 5.69 Å². The number of alkyl halides is 1. The van der Waals surface area contributed by atoms with Crippen LogP contribution in [0.1, 0.15) is 45.9 Å². The Morgan fingerprint density at radius 2 is 1.81 bits per heavy atom. The number of anilines is 1. The van der Waals surface area contributed by atoms with E-state index in [4.69, 9.17) is 15.9 Å². The molecule has 0 bridgehead atoms. The molecular formula is C27H32FN7O2. The predicted octanol–water partition coefficient (Wildman–Crippen LogP) is 2.89. The van der Waals surface area contributed by atoms with Gasteiger partial charge in [-0.25, -0.2) is 9.07 Å². The molecule has 5 rings (SSSR count). The van der Waals surface area contributed by atoms with Crippen molar-refractivity contribution in [2.75, 3.05) is 58.3 Å². The summed E-state index contributed by atoms with van der Waals surface area (Å²) in [6.45, 7) is 4.23. The second-order valence-electron chi connectivity index (χ2n) is 9.53. The van der Waals surface area contributed by atoms with E-state index >= 15 is 0 Å². The summed E-state index contributed by atoms with van der Waals surface area (Å²) in [5.74, 6) is 0.344. The van der Waals surface area contributed by atoms with E-state index in [0.717, 1.165) is 37.2 Å². The van der Waals surface area contributed by atoms with Crippen LogP contribution in [0.15, 0.2) is 48.7 Å². The van der Waals surface area contributed by atoms with Gasteiger partial charge in [0.15, 0.2) is 0 Å². The van der Waals surface area contributed by atoms with Crippen molar-refractivity contribution in [2.45, 2.75) is 18.8 Å². The number of hydrogen-bond donors (Lipinski definition) is 2. The number of nitrogens with two attached hydrogens (primary N) is 1. The number of rotatable bonds is 7. The van der Waals surface area contributed by atoms with Crippen LogP contribution in [0.2, 0.25) is 0 Å². The molecule has 0 saturated carbocycles. The molecule has 3 aromatic rings. The number of piperidine rings is 1. The van der Waals surface area contributed by atoms with Gasteiger partial charge >= 0.3 is 0 Å². The largest absolute Gasteiger partial charge is 0.398 e. The lowest BCUT2D eigenvalue weighted by Crippen LogP contribution is -2.40. The zero-order valence-corrected chi connectivity index (χ0v) is 20.8. The maximum atomic E-state index is 12.7. The Morgan fingerprint density at radius 1 is 1.08 bits per heavy atom. The Kier molecular flexibility index (Phi) is 7.57. The fourth-order valence-corrected chi connectivity index (χ4v) is 5.00. The molecule has 3 N–H and O–H groups in total. The second-order valence-corrected chi connectivity index (χ2v) is 9.53. The van der Waals surface area contributed by atoms with Crippen molar-refractivity contribution in [3.05, 3.63) is 71.0 Å². The summed E-state index contributed by atoms with van der Waals surface area (Å²) in [7, 11) is 0. The Labute approximate surface area is 215 Å². The van der Waals surface area contributed by atoms with Crippen LogP contribution in [0.5, 0.6) is 0 Å². The summed E-state index contributed by atoms with van der Waals surface area (Å²) in [4.78, 5) is 16.6. The molecule has 37 heavy (non-hydrogen) atoms. The molecule has 1 amide bonds. The van der Waals surface area contributed by atoms with Gasteiger partial charge in [0.25, 0.3) is 5.91 Å². The van der Waals surface area contributed by atoms with Gasteiger partial charge in [-0.2, -0.15) is 0 Å². The van der Waals surface area contributed by atoms with Crippen LogP contribution in [0.4, 0.5) is 10.1 Å². The van der Waals surface area contributed by atoms with Gasteiger partial charge in [0.05, 0.1) is 30.8 Å². The van der Waals surface area contributed by atoms with E-state index in [-0.39, 0.29) is 18.3 Å². The minimum absolute atomic E-state index is 0.0145. The first-order valence-corrected chi connectivity index (χ1v) is 12.7. The van der Waals surface area contributed by atoms with Gasteiger partial charge in [-0.15, -0.1) is 5.10 Å². The summed E-state index contributed by atoms with van der Waals surface area (Å²) < 4.78 is 19.6. The normalized spacial score (nSPS) is 17.2. The van der Waals surface area contributed by atoms with Crippen LogP contribution in [0.3, 0.4) is 0 Å². The van der Waals surface area contributed by atoms with Crippen LogP contribution in [0, 0.1) is 5.41 Å². The van der Waals surface area contributed by atoms with Crippen LogP contribution >= 0.6 is 0 Å². The molecule has 2 fully saturated rings. The summed E-state index contributed by atoms with van der Waals surface area (Å²) in [5, 5.41) is 17.2. The number of amides is 1. The fraction of sp³-hybridized carbons (Fsp3) is 0.407. The predicted molar refractivity (Wildman–Crippen MR) is 139 cm³/mol. The van der Waals surface area contributed by atoms with Gasteiger partial charge in [-0.1, -0.05) is 11.3 Å². The highest BCUT2D eigenvalue weighted by atomic mass is 19.1. The van der Waals surface area contributed by atoms with Gasteiger partial charge in [0, 0.05) is 36.4 Å². The average Bonchev–Trinajstić information content (AvgIpc) is 3.44. The summed E-state index contributed by atoms with van der Waals surface area (Å²) in [6.07, 6.45) is 3.61. The molecule has 1 aromatic heterocycles. The minimum Gasteiger partial charge on any atom is -0.398 e. The molecule has 0 radical (unpaired) electrons. The Balaban J connectivity index is 1.28. The number of likely N-dealkylation sites (tertiary alicyclic amines) is 1. The fourth-order valence-electron chi connectivity index (χ4n) is 5.00. The highest BCUT2D eigenvalue weighted by Crippen LogP contribution is 2.30. The molecule has 2 saturated heterocycles. The Bertz CT molecular complexity index is 1250. The number of morpholine rings is 1. The molecule has 0 aliphatic carbocycles. The van der Waals surface area contributed by atoms with E-state index in [1.165, 1.54) is 0 Å². The van der Waals surface area contributed by atoms with Crippen LogP contribution in [-0.4, -0.2) is 89.0 Å². The molecule has 2 aliphatic heterocycles. The second kappa shape index (κ2) is 11.2. The van der Waals surface area contributed by atoms with Crippen LogP contribution < -0.4 is 5.73 Å². The van der Waals surface area contributed by atoms with Crippen molar-refractivity contribution >= 4 is 17.3 Å². The third-order valence-corrected chi connectivity index (χ3v) is 7.23. The zero-order chi connectivity index (χ0) is 25.8. The van der Waals surface area contributed by atoms with E-state index in [0.29, 0.717) is 61.3 Å². The number of ether oxygens (including phenoxy) is 1. The van der Waals surface area contributed by atoms with E-state index in [9.17, 15) is 9.18 Å². The maximum absolute atomic E-state index is 12.7. The van der Waals surface area contributed by atoms with Gasteiger partial charge < -0.3 is 20.3 Å². The van der Waals surface area contributed by atoms with Crippen molar-refractivity contribution in [2.24, 2.45) is 0 Å². The summed E-state index contributed by atoms with van der Waals surface area (Å²) in [6, 6.07) is 13.1. The first-order chi connectivity index (χ1) is 18.0. The quantitative estimate of drug-likeness (QED) is 0.377. The standard InChI is InChI=1S/C27H32FN7O2/c28-9-12-33-10-7-19(8-11-33)21-3-6-24(29)23(17-21)26(30)25-18-35(32-31-25)22-4-1-20(2-5-22)27(36)34-13-15-37-16-14-34/h1-6,17-19,30H,7-16,29H2. The monoisotopic (exact) mass is 505 g/mol. The van der Waals surface area contributed by atoms with E-state index in [2.05, 4.69) is 15.2 Å². The highest BCUT2D eigenvalue weighted by Gasteiger charge is 2.23. The van der Waals surface area contributed by atoms with E-state index in [1.54, 1.807) is 27.9 Å². The summed E-state index contributed by atoms with van der Waals surface area (Å²) >= 11 is 0. The third kappa shape index (κ3) is 5.55. The molecule has 194 valence electrons. The lowest BCUT2D eigenvalue weighted by molar-refractivity contribution is 0.0303. The molecule has 0 atom stereocenters. The molecule has 2 aliphatic rings. The smallest absolute Gasteiger partial charge is 0.254 e. The van der Waals surface area contributed by atoms with Crippen molar-refractivity contribution in [1.29, 1.82) is 5.41 Å². The molecule has 0 unspecified atom stereocenters. The number of carbonyl (C=O) groups is 1. The minimum atomic E-state index is -0.314. The van der Waals surface area contributed by atoms with Crippen molar-refractivity contribution in [1.82, 2.24) is 24.8 Å². The third-order valence-electron chi connectivity index (χ3n) is 7.23. The Morgan fingerprint density at radius 3 is 2.51 bits per heavy atom. The number of benzene rings is 2. The number of nitrogens with zero attached hydrogens (tertiary/aromatic N) is 5. The van der Waals surface area contributed by atoms with Gasteiger partial charge in [0.1, 0.15) is 12.4 Å². The van der Waals surface area contributed by atoms with Crippen molar-refractivity contribution < 1.29 is 13.9 Å². The first kappa shape index (κ1) is 25.0. The summed E-state index contributed by atoms with van der Waals surface area (Å²) in [5.41, 5.74) is 10.5. The van der Waals surface area contributed by atoms with Crippen LogP contribution in [-0.2, 0) is 4.74 Å². The molecule has 10 heteroatoms. The molecular weight excluding hydrogens is 473 g/mol. The molecule has 3 heterocycles. The highest BCUT2D eigenvalue weighted by molar-refractivity contribution is 6.12. The Hall–Kier alpha value is -3.63. The first-order valence-electron chi connectivity index (χ1n) is 12.7. The van der Waals surface area contributed by atoms with Crippen LogP contribution in [0.25, 0.3) is 5.69 Å². The number of nitrogens with one attached hydrogen (secondary N) is 1. The lowest BCUT2D eigenvalue weighted by atomic mass is 9.87. The maximum Gasteiger partial charge on any atom is 0.254 e. The number of hydrogen-bond acceptors (Lipinski definition) is 7. The molecule has 9 nitrogen and oxygen atoms in total. The number of carbonyl (C=O) groups excluding carboxylic acids is 1. The number of halogens is 1. The van der Waals surface area contributed by atoms with E-state index in [1.807, 2.05) is 30.3 Å². The van der Waals surface area contributed by atoms with Gasteiger partial charge in [-0.05, 0) is 73.8 Å². The van der Waals surface area contributed by atoms with E-state index < -0.39 is 0 Å². The van der Waals surface area contributed by atoms with Gasteiger partial charge in [0.2, 0.25) is 0 Å². The topological polar surface area (TPSA) is 113 Å². The van der Waals surface area contributed by atoms with Gasteiger partial charge in [-0.3, -0.25) is 10.2 Å². The molecule has 0 spiro atoms. The zero-order valence-electron chi connectivity index (χ0n) is 20.8. The average molecular weight is 506 g/mol. The molecule has 2 aromatic carbocycles. The lowest BCUT2D eigenvalue weighted by Gasteiger charge is -2.31. The number of nitrogen functional groups attached to an aromatic ring is 1. The SMILES string of the molecule is N=C(c1cn(-c2ccc(C(=O)N3CCOCC3)cc2)nn1)c1cc(C2CCN(CCF)CC2)ccc1N.